The van der Waals surface area contributed by atoms with E-state index in [2.05, 4.69) is 37.2 Å². The molecule has 1 heterocycles. The lowest BCUT2D eigenvalue weighted by molar-refractivity contribution is -0.0595. The standard InChI is InChI=1S/C24H35N/c1-16-5-7-19-17(14-16)6-8-21-20(19)11-12-24(2)22(9-10-23(21)24)18-4-3-13-25-15-18/h3-4,13,15-17,19-23H,5-12,14H2,1-2H3/t16?,17?,19?,20?,21?,22-,23?,24?/m1/s1. The molecule has 4 aliphatic carbocycles. The minimum atomic E-state index is 0.541. The topological polar surface area (TPSA) is 12.9 Å². The van der Waals surface area contributed by atoms with E-state index in [1.54, 1.807) is 19.3 Å². The largest absolute Gasteiger partial charge is 0.264 e. The Morgan fingerprint density at radius 2 is 1.84 bits per heavy atom. The Morgan fingerprint density at radius 1 is 0.960 bits per heavy atom. The molecule has 8 atom stereocenters. The van der Waals surface area contributed by atoms with Gasteiger partial charge < -0.3 is 0 Å². The molecule has 1 aromatic heterocycles. The van der Waals surface area contributed by atoms with Gasteiger partial charge in [0.1, 0.15) is 0 Å². The zero-order valence-corrected chi connectivity index (χ0v) is 16.2. The lowest BCUT2D eigenvalue weighted by atomic mass is 9.49. The lowest BCUT2D eigenvalue weighted by Gasteiger charge is -2.56. The molecular weight excluding hydrogens is 302 g/mol. The Kier molecular flexibility index (Phi) is 3.99. The highest BCUT2D eigenvalue weighted by Gasteiger charge is 2.57. The molecule has 4 fully saturated rings. The van der Waals surface area contributed by atoms with Gasteiger partial charge in [-0.1, -0.05) is 26.3 Å². The summed E-state index contributed by atoms with van der Waals surface area (Å²) in [6.07, 6.45) is 17.6. The number of nitrogens with zero attached hydrogens (tertiary/aromatic N) is 1. The second-order valence-electron chi connectivity index (χ2n) is 10.3. The minimum Gasteiger partial charge on any atom is -0.264 e. The van der Waals surface area contributed by atoms with Gasteiger partial charge in [-0.05, 0) is 110 Å². The van der Waals surface area contributed by atoms with Gasteiger partial charge in [0.25, 0.3) is 0 Å². The summed E-state index contributed by atoms with van der Waals surface area (Å²) >= 11 is 0. The van der Waals surface area contributed by atoms with Gasteiger partial charge in [0.05, 0.1) is 0 Å². The third-order valence-corrected chi connectivity index (χ3v) is 9.30. The zero-order valence-electron chi connectivity index (χ0n) is 16.2. The normalized spacial score (nSPS) is 49.1. The third-order valence-electron chi connectivity index (χ3n) is 9.30. The molecule has 0 bridgehead atoms. The van der Waals surface area contributed by atoms with Crippen molar-refractivity contribution in [2.75, 3.05) is 0 Å². The first-order chi connectivity index (χ1) is 12.2. The average molecular weight is 338 g/mol. The Morgan fingerprint density at radius 3 is 2.68 bits per heavy atom. The van der Waals surface area contributed by atoms with Crippen LogP contribution >= 0.6 is 0 Å². The summed E-state index contributed by atoms with van der Waals surface area (Å²) < 4.78 is 0. The van der Waals surface area contributed by atoms with Crippen molar-refractivity contribution < 1.29 is 0 Å². The molecule has 0 spiro atoms. The zero-order chi connectivity index (χ0) is 17.0. The van der Waals surface area contributed by atoms with Gasteiger partial charge in [-0.15, -0.1) is 0 Å². The summed E-state index contributed by atoms with van der Waals surface area (Å²) in [7, 11) is 0. The van der Waals surface area contributed by atoms with Crippen LogP contribution in [-0.2, 0) is 0 Å². The van der Waals surface area contributed by atoms with Crippen molar-refractivity contribution >= 4 is 0 Å². The second kappa shape index (κ2) is 6.10. The monoisotopic (exact) mass is 337 g/mol. The van der Waals surface area contributed by atoms with Crippen LogP contribution in [0.2, 0.25) is 0 Å². The highest BCUT2D eigenvalue weighted by Crippen LogP contribution is 2.66. The van der Waals surface area contributed by atoms with E-state index in [4.69, 9.17) is 0 Å². The van der Waals surface area contributed by atoms with Crippen molar-refractivity contribution in [2.24, 2.45) is 40.9 Å². The predicted molar refractivity (Wildman–Crippen MR) is 103 cm³/mol. The van der Waals surface area contributed by atoms with Crippen molar-refractivity contribution in [3.8, 4) is 0 Å². The molecule has 1 heteroatoms. The SMILES string of the molecule is CC1CCC2C(CCC3C2CCC2(C)C3CC[C@@H]2c2cccnc2)C1. The Hall–Kier alpha value is -0.850. The summed E-state index contributed by atoms with van der Waals surface area (Å²) in [6, 6.07) is 4.49. The van der Waals surface area contributed by atoms with Gasteiger partial charge >= 0.3 is 0 Å². The van der Waals surface area contributed by atoms with Crippen molar-refractivity contribution in [1.82, 2.24) is 4.98 Å². The molecular formula is C24H35N. The molecule has 0 radical (unpaired) electrons. The fourth-order valence-electron chi connectivity index (χ4n) is 8.22. The van der Waals surface area contributed by atoms with Gasteiger partial charge in [0.15, 0.2) is 0 Å². The first-order valence-electron chi connectivity index (χ1n) is 11.1. The maximum atomic E-state index is 4.44. The number of fused-ring (bicyclic) bond motifs is 5. The van der Waals surface area contributed by atoms with Gasteiger partial charge in [0.2, 0.25) is 0 Å². The molecule has 0 N–H and O–H groups in total. The van der Waals surface area contributed by atoms with E-state index < -0.39 is 0 Å². The summed E-state index contributed by atoms with van der Waals surface area (Å²) in [5, 5.41) is 0. The number of hydrogen-bond donors (Lipinski definition) is 0. The number of hydrogen-bond acceptors (Lipinski definition) is 1. The molecule has 1 aromatic rings. The molecule has 5 rings (SSSR count). The summed E-state index contributed by atoms with van der Waals surface area (Å²) in [4.78, 5) is 4.44. The van der Waals surface area contributed by atoms with Crippen molar-refractivity contribution in [1.29, 1.82) is 0 Å². The van der Waals surface area contributed by atoms with Crippen LogP contribution in [0.25, 0.3) is 0 Å². The van der Waals surface area contributed by atoms with Gasteiger partial charge in [-0.2, -0.15) is 0 Å². The Labute approximate surface area is 154 Å². The van der Waals surface area contributed by atoms with Gasteiger partial charge in [0, 0.05) is 12.4 Å². The molecule has 0 amide bonds. The molecule has 1 nitrogen and oxygen atoms in total. The average Bonchev–Trinajstić information content (AvgIpc) is 2.99. The predicted octanol–water partition coefficient (Wildman–Crippen LogP) is 6.45. The highest BCUT2D eigenvalue weighted by atomic mass is 14.6. The molecule has 0 aromatic carbocycles. The van der Waals surface area contributed by atoms with Crippen LogP contribution in [0, 0.1) is 40.9 Å². The maximum absolute atomic E-state index is 4.44. The number of rotatable bonds is 1. The number of aromatic nitrogens is 1. The third kappa shape index (κ3) is 2.52. The van der Waals surface area contributed by atoms with Gasteiger partial charge in [-0.3, -0.25) is 4.98 Å². The second-order valence-corrected chi connectivity index (χ2v) is 10.3. The first kappa shape index (κ1) is 16.3. The van der Waals surface area contributed by atoms with E-state index in [0.717, 1.165) is 41.4 Å². The van der Waals surface area contributed by atoms with Crippen LogP contribution in [0.3, 0.4) is 0 Å². The fourth-order valence-corrected chi connectivity index (χ4v) is 8.22. The van der Waals surface area contributed by atoms with E-state index in [1.807, 2.05) is 6.20 Å². The first-order valence-corrected chi connectivity index (χ1v) is 11.1. The van der Waals surface area contributed by atoms with Crippen LogP contribution < -0.4 is 0 Å². The summed E-state index contributed by atoms with van der Waals surface area (Å²) in [5.41, 5.74) is 2.06. The molecule has 136 valence electrons. The molecule has 0 saturated heterocycles. The summed E-state index contributed by atoms with van der Waals surface area (Å²) in [5.74, 6) is 7.00. The van der Waals surface area contributed by atoms with E-state index in [-0.39, 0.29) is 0 Å². The molecule has 25 heavy (non-hydrogen) atoms. The smallest absolute Gasteiger partial charge is 0.0302 e. The van der Waals surface area contributed by atoms with E-state index >= 15 is 0 Å². The maximum Gasteiger partial charge on any atom is 0.0302 e. The molecule has 4 saturated carbocycles. The van der Waals surface area contributed by atoms with Crippen molar-refractivity contribution in [2.45, 2.75) is 77.6 Å². The van der Waals surface area contributed by atoms with Crippen molar-refractivity contribution in [3.63, 3.8) is 0 Å². The lowest BCUT2D eigenvalue weighted by Crippen LogP contribution is -2.48. The highest BCUT2D eigenvalue weighted by molar-refractivity contribution is 5.22. The summed E-state index contributed by atoms with van der Waals surface area (Å²) in [6.45, 7) is 5.14. The van der Waals surface area contributed by atoms with Crippen LogP contribution in [0.1, 0.15) is 83.1 Å². The van der Waals surface area contributed by atoms with Crippen LogP contribution in [0.5, 0.6) is 0 Å². The number of pyridine rings is 1. The molecule has 7 unspecified atom stereocenters. The van der Waals surface area contributed by atoms with E-state index in [9.17, 15) is 0 Å². The van der Waals surface area contributed by atoms with E-state index in [0.29, 0.717) is 5.41 Å². The van der Waals surface area contributed by atoms with Crippen LogP contribution in [-0.4, -0.2) is 4.98 Å². The quantitative estimate of drug-likeness (QED) is 0.573. The van der Waals surface area contributed by atoms with Crippen molar-refractivity contribution in [3.05, 3.63) is 30.1 Å². The van der Waals surface area contributed by atoms with Gasteiger partial charge in [-0.25, -0.2) is 0 Å². The van der Waals surface area contributed by atoms with E-state index in [1.165, 1.54) is 44.1 Å². The Balaban J connectivity index is 1.40. The van der Waals surface area contributed by atoms with Crippen LogP contribution in [0.15, 0.2) is 24.5 Å². The minimum absolute atomic E-state index is 0.541. The Bertz CT molecular complexity index is 610. The molecule has 0 aliphatic heterocycles. The van der Waals surface area contributed by atoms with Crippen LogP contribution in [0.4, 0.5) is 0 Å². The molecule has 4 aliphatic rings. The fraction of sp³-hybridized carbons (Fsp3) is 0.792.